The SMILES string of the molecule is O=[N+]([O-])c1ccc2c(c1)[C@]1(Br)CC[C@H]2c2ccccc21. The maximum absolute atomic E-state index is 11.0. The third kappa shape index (κ3) is 1.40. The van der Waals surface area contributed by atoms with Crippen molar-refractivity contribution in [3.63, 3.8) is 0 Å². The van der Waals surface area contributed by atoms with E-state index in [0.717, 1.165) is 18.4 Å². The van der Waals surface area contributed by atoms with Crippen LogP contribution in [0.5, 0.6) is 0 Å². The Balaban J connectivity index is 2.02. The van der Waals surface area contributed by atoms with Crippen LogP contribution in [0.4, 0.5) is 5.69 Å². The summed E-state index contributed by atoms with van der Waals surface area (Å²) in [7, 11) is 0. The lowest BCUT2D eigenvalue weighted by Gasteiger charge is -2.46. The van der Waals surface area contributed by atoms with E-state index in [0.29, 0.717) is 5.92 Å². The third-order valence-electron chi connectivity index (χ3n) is 4.59. The van der Waals surface area contributed by atoms with Crippen LogP contribution >= 0.6 is 15.9 Å². The zero-order valence-corrected chi connectivity index (χ0v) is 12.3. The fraction of sp³-hybridized carbons (Fsp3) is 0.250. The third-order valence-corrected chi connectivity index (χ3v) is 5.84. The predicted molar refractivity (Wildman–Crippen MR) is 80.3 cm³/mol. The Bertz CT molecular complexity index is 743. The number of nitro groups is 1. The Kier molecular flexibility index (Phi) is 2.37. The van der Waals surface area contributed by atoms with Crippen LogP contribution in [0.15, 0.2) is 42.5 Å². The van der Waals surface area contributed by atoms with Gasteiger partial charge >= 0.3 is 0 Å². The number of benzene rings is 2. The second kappa shape index (κ2) is 3.92. The average molecular weight is 330 g/mol. The molecule has 4 heteroatoms. The molecule has 3 aliphatic carbocycles. The summed E-state index contributed by atoms with van der Waals surface area (Å²) in [6.45, 7) is 0. The molecule has 2 bridgehead atoms. The summed E-state index contributed by atoms with van der Waals surface area (Å²) in [5.74, 6) is 0.376. The van der Waals surface area contributed by atoms with E-state index in [2.05, 4.69) is 34.1 Å². The van der Waals surface area contributed by atoms with Crippen molar-refractivity contribution in [2.75, 3.05) is 0 Å². The summed E-state index contributed by atoms with van der Waals surface area (Å²) in [5.41, 5.74) is 5.10. The first-order valence-corrected chi connectivity index (χ1v) is 7.48. The highest BCUT2D eigenvalue weighted by molar-refractivity contribution is 9.09. The molecule has 0 radical (unpaired) electrons. The first-order valence-electron chi connectivity index (χ1n) is 6.68. The van der Waals surface area contributed by atoms with Crippen molar-refractivity contribution in [2.45, 2.75) is 23.1 Å². The van der Waals surface area contributed by atoms with Gasteiger partial charge in [0.25, 0.3) is 5.69 Å². The Morgan fingerprint density at radius 2 is 1.90 bits per heavy atom. The van der Waals surface area contributed by atoms with Gasteiger partial charge in [0.15, 0.2) is 0 Å². The summed E-state index contributed by atoms with van der Waals surface area (Å²) in [6, 6.07) is 13.7. The molecule has 0 aliphatic heterocycles. The zero-order chi connectivity index (χ0) is 13.9. The number of rotatable bonds is 1. The molecule has 0 saturated heterocycles. The Hall–Kier alpha value is -1.68. The molecule has 100 valence electrons. The topological polar surface area (TPSA) is 43.1 Å². The van der Waals surface area contributed by atoms with Crippen molar-refractivity contribution < 1.29 is 4.92 Å². The lowest BCUT2D eigenvalue weighted by atomic mass is 9.63. The monoisotopic (exact) mass is 329 g/mol. The van der Waals surface area contributed by atoms with Gasteiger partial charge in [-0.2, -0.15) is 0 Å². The van der Waals surface area contributed by atoms with Gasteiger partial charge in [0, 0.05) is 18.1 Å². The fourth-order valence-electron chi connectivity index (χ4n) is 3.70. The highest BCUT2D eigenvalue weighted by atomic mass is 79.9. The molecule has 0 amide bonds. The molecule has 0 N–H and O–H groups in total. The summed E-state index contributed by atoms with van der Waals surface area (Å²) in [6.07, 6.45) is 2.08. The van der Waals surface area contributed by atoms with Gasteiger partial charge in [0.05, 0.1) is 9.25 Å². The van der Waals surface area contributed by atoms with E-state index < -0.39 is 0 Å². The number of nitro benzene ring substituents is 1. The van der Waals surface area contributed by atoms with Gasteiger partial charge in [-0.25, -0.2) is 0 Å². The number of hydrogen-bond donors (Lipinski definition) is 0. The average Bonchev–Trinajstić information content (AvgIpc) is 2.47. The molecular formula is C16H12BrNO2. The summed E-state index contributed by atoms with van der Waals surface area (Å²) in [4.78, 5) is 10.7. The largest absolute Gasteiger partial charge is 0.269 e. The molecule has 5 rings (SSSR count). The van der Waals surface area contributed by atoms with Crippen molar-refractivity contribution >= 4 is 21.6 Å². The van der Waals surface area contributed by atoms with E-state index in [1.165, 1.54) is 16.7 Å². The Labute approximate surface area is 124 Å². The van der Waals surface area contributed by atoms with E-state index in [1.807, 2.05) is 12.1 Å². The Morgan fingerprint density at radius 1 is 1.15 bits per heavy atom. The molecular weight excluding hydrogens is 318 g/mol. The molecule has 0 aromatic heterocycles. The quantitative estimate of drug-likeness (QED) is 0.440. The molecule has 0 spiro atoms. The van der Waals surface area contributed by atoms with E-state index >= 15 is 0 Å². The maximum Gasteiger partial charge on any atom is 0.269 e. The number of halogens is 1. The van der Waals surface area contributed by atoms with Crippen LogP contribution in [-0.2, 0) is 4.32 Å². The lowest BCUT2D eigenvalue weighted by molar-refractivity contribution is -0.385. The van der Waals surface area contributed by atoms with E-state index in [9.17, 15) is 10.1 Å². The van der Waals surface area contributed by atoms with Gasteiger partial charge in [-0.3, -0.25) is 10.1 Å². The highest BCUT2D eigenvalue weighted by Crippen LogP contribution is 2.59. The van der Waals surface area contributed by atoms with Crippen LogP contribution in [0.2, 0.25) is 0 Å². The first-order chi connectivity index (χ1) is 9.61. The van der Waals surface area contributed by atoms with Gasteiger partial charge in [0.1, 0.15) is 0 Å². The van der Waals surface area contributed by atoms with Gasteiger partial charge in [-0.15, -0.1) is 0 Å². The van der Waals surface area contributed by atoms with Crippen molar-refractivity contribution in [1.29, 1.82) is 0 Å². The highest BCUT2D eigenvalue weighted by Gasteiger charge is 2.47. The van der Waals surface area contributed by atoms with Crippen molar-refractivity contribution in [3.05, 3.63) is 74.8 Å². The number of fused-ring (bicyclic) bond motifs is 1. The van der Waals surface area contributed by atoms with Crippen LogP contribution < -0.4 is 0 Å². The van der Waals surface area contributed by atoms with Crippen LogP contribution in [0, 0.1) is 10.1 Å². The van der Waals surface area contributed by atoms with Gasteiger partial charge in [-0.1, -0.05) is 46.3 Å². The summed E-state index contributed by atoms with van der Waals surface area (Å²) < 4.78 is -0.264. The summed E-state index contributed by atoms with van der Waals surface area (Å²) in [5, 5.41) is 11.0. The van der Waals surface area contributed by atoms with Crippen LogP contribution in [0.3, 0.4) is 0 Å². The van der Waals surface area contributed by atoms with Crippen LogP contribution in [-0.4, -0.2) is 4.92 Å². The smallest absolute Gasteiger partial charge is 0.258 e. The number of nitrogens with zero attached hydrogens (tertiary/aromatic N) is 1. The zero-order valence-electron chi connectivity index (χ0n) is 10.7. The molecule has 0 heterocycles. The molecule has 20 heavy (non-hydrogen) atoms. The maximum atomic E-state index is 11.0. The molecule has 3 nitrogen and oxygen atoms in total. The molecule has 2 aromatic carbocycles. The minimum Gasteiger partial charge on any atom is -0.258 e. The minimum absolute atomic E-state index is 0.174. The second-order valence-corrected chi connectivity index (χ2v) is 6.86. The van der Waals surface area contributed by atoms with Gasteiger partial charge in [0.2, 0.25) is 0 Å². The standard InChI is InChI=1S/C16H12BrNO2/c17-16-8-7-11(12-3-1-2-4-14(12)16)13-6-5-10(18(19)20)9-15(13)16/h1-6,9,11H,7-8H2/t11-,16-/m0/s1. The second-order valence-electron chi connectivity index (χ2n) is 5.51. The van der Waals surface area contributed by atoms with E-state index in [-0.39, 0.29) is 14.9 Å². The van der Waals surface area contributed by atoms with Crippen LogP contribution in [0.25, 0.3) is 0 Å². The molecule has 3 aliphatic rings. The number of non-ortho nitro benzene ring substituents is 1. The molecule has 0 fully saturated rings. The normalized spacial score (nSPS) is 25.9. The van der Waals surface area contributed by atoms with E-state index in [1.54, 1.807) is 12.1 Å². The molecule has 0 saturated carbocycles. The van der Waals surface area contributed by atoms with Crippen molar-refractivity contribution in [2.24, 2.45) is 0 Å². The van der Waals surface area contributed by atoms with Gasteiger partial charge in [-0.05, 0) is 35.1 Å². The molecule has 2 aromatic rings. The van der Waals surface area contributed by atoms with Crippen LogP contribution in [0.1, 0.15) is 41.0 Å². The van der Waals surface area contributed by atoms with Crippen molar-refractivity contribution in [1.82, 2.24) is 0 Å². The summed E-state index contributed by atoms with van der Waals surface area (Å²) >= 11 is 3.89. The first kappa shape index (κ1) is 12.1. The van der Waals surface area contributed by atoms with Crippen molar-refractivity contribution in [3.8, 4) is 0 Å². The molecule has 2 atom stereocenters. The molecule has 0 unspecified atom stereocenters. The predicted octanol–water partition coefficient (Wildman–Crippen LogP) is 4.47. The van der Waals surface area contributed by atoms with Gasteiger partial charge < -0.3 is 0 Å². The Morgan fingerprint density at radius 3 is 2.70 bits per heavy atom. The van der Waals surface area contributed by atoms with E-state index in [4.69, 9.17) is 0 Å². The number of hydrogen-bond acceptors (Lipinski definition) is 2. The minimum atomic E-state index is -0.315. The lowest BCUT2D eigenvalue weighted by Crippen LogP contribution is -2.35. The number of alkyl halides is 1. The fourth-order valence-corrected chi connectivity index (χ4v) is 4.64.